The van der Waals surface area contributed by atoms with Gasteiger partial charge >= 0.3 is 21.0 Å². The quantitative estimate of drug-likeness (QED) is 0.678. The molecule has 0 aliphatic carbocycles. The van der Waals surface area contributed by atoms with E-state index >= 15 is 0 Å². The van der Waals surface area contributed by atoms with E-state index in [0.29, 0.717) is 19.8 Å². The first kappa shape index (κ1) is 29.5. The van der Waals surface area contributed by atoms with E-state index in [0.717, 1.165) is 36.6 Å². The molecule has 0 saturated carbocycles. The van der Waals surface area contributed by atoms with Crippen molar-refractivity contribution in [2.24, 2.45) is 0 Å². The van der Waals surface area contributed by atoms with Crippen molar-refractivity contribution >= 4 is 0 Å². The van der Waals surface area contributed by atoms with Crippen LogP contribution in [0.25, 0.3) is 0 Å². The molecule has 0 aromatic carbocycles. The van der Waals surface area contributed by atoms with Gasteiger partial charge in [0.1, 0.15) is 0 Å². The van der Waals surface area contributed by atoms with Crippen LogP contribution in [-0.4, -0.2) is 40.6 Å². The Hall–Kier alpha value is 0.224. The van der Waals surface area contributed by atoms with Gasteiger partial charge in [-0.25, -0.2) is 0 Å². The van der Waals surface area contributed by atoms with Gasteiger partial charge in [-0.05, 0) is 19.3 Å². The van der Waals surface area contributed by atoms with Crippen LogP contribution in [-0.2, 0) is 21.0 Å². The van der Waals surface area contributed by atoms with Crippen LogP contribution in [0.5, 0.6) is 0 Å². The third-order valence-electron chi connectivity index (χ3n) is 0.671. The zero-order valence-corrected chi connectivity index (χ0v) is 11.3. The Balaban J connectivity index is -0.0000000298. The Morgan fingerprint density at radius 3 is 0.800 bits per heavy atom. The zero-order chi connectivity index (χ0) is 12.2. The van der Waals surface area contributed by atoms with Crippen LogP contribution in [0, 0.1) is 0 Å². The number of hydrogen-bond donors (Lipinski definition) is 3. The summed E-state index contributed by atoms with van der Waals surface area (Å²) in [6.07, 6.45) is 2.62. The molecule has 5 N–H and O–H groups in total. The van der Waals surface area contributed by atoms with Gasteiger partial charge in [-0.2, -0.15) is 0 Å². The Morgan fingerprint density at radius 2 is 0.800 bits per heavy atom. The normalized spacial score (nSPS) is 6.20. The van der Waals surface area contributed by atoms with Crippen molar-refractivity contribution in [3.63, 3.8) is 0 Å². The maximum atomic E-state index is 8.19. The summed E-state index contributed by atoms with van der Waals surface area (Å²) in [6, 6.07) is 0. The molecule has 0 atom stereocenters. The summed E-state index contributed by atoms with van der Waals surface area (Å²) in [7, 11) is 0. The maximum absolute atomic E-state index is 8.19. The van der Waals surface area contributed by atoms with Gasteiger partial charge in [-0.3, -0.25) is 0 Å². The number of rotatable bonds is 3. The molecule has 0 saturated heterocycles. The zero-order valence-electron chi connectivity index (χ0n) is 9.94. The molecule has 5 nitrogen and oxygen atoms in total. The Morgan fingerprint density at radius 1 is 0.733 bits per heavy atom. The standard InChI is InChI=1S/3C3H8O.H2O.O.V/c3*1-2-3-4;;;/h3*4H,2-3H2,1H3;1H2;;. The van der Waals surface area contributed by atoms with Gasteiger partial charge in [-0.1, -0.05) is 20.8 Å². The van der Waals surface area contributed by atoms with E-state index in [1.807, 2.05) is 20.8 Å². The molecule has 0 unspecified atom stereocenters. The molecule has 0 aromatic rings. The third-order valence-corrected chi connectivity index (χ3v) is 0.671. The van der Waals surface area contributed by atoms with Gasteiger partial charge < -0.3 is 20.8 Å². The fraction of sp³-hybridized carbons (Fsp3) is 1.00. The Labute approximate surface area is 102 Å². The van der Waals surface area contributed by atoms with Crippen LogP contribution < -0.4 is 0 Å². The second-order valence-electron chi connectivity index (χ2n) is 2.17. The van der Waals surface area contributed by atoms with E-state index < -0.39 is 0 Å². The summed E-state index contributed by atoms with van der Waals surface area (Å²) in [5, 5.41) is 23.6. The summed E-state index contributed by atoms with van der Waals surface area (Å²) in [5.74, 6) is 0. The molecule has 0 amide bonds. The topological polar surface area (TPSA) is 109 Å². The predicted octanol–water partition coefficient (Wildman–Crippen LogP) is 0.220. The molecule has 0 radical (unpaired) electrons. The summed E-state index contributed by atoms with van der Waals surface area (Å²) in [6.45, 7) is 6.75. The van der Waals surface area contributed by atoms with E-state index in [9.17, 15) is 0 Å². The van der Waals surface area contributed by atoms with Gasteiger partial charge in [0.05, 0.1) is 0 Å². The van der Waals surface area contributed by atoms with Crippen LogP contribution >= 0.6 is 0 Å². The first-order valence-electron chi connectivity index (χ1n) is 4.75. The molecule has 0 aliphatic rings. The van der Waals surface area contributed by atoms with Gasteiger partial charge in [0.2, 0.25) is 0 Å². The number of aliphatic hydroxyl groups is 3. The molecule has 97 valence electrons. The summed E-state index contributed by atoms with van der Waals surface area (Å²) < 4.78 is 8.19. The van der Waals surface area contributed by atoms with Crippen molar-refractivity contribution in [1.82, 2.24) is 0 Å². The average Bonchev–Trinajstić information content (AvgIpc) is 2.31. The average molecular weight is 265 g/mol. The molecule has 0 aromatic heterocycles. The number of hydrogen-bond acceptors (Lipinski definition) is 4. The molecule has 0 rings (SSSR count). The van der Waals surface area contributed by atoms with E-state index in [4.69, 9.17) is 19.0 Å². The van der Waals surface area contributed by atoms with Crippen LogP contribution in [0.1, 0.15) is 40.0 Å². The summed E-state index contributed by atoms with van der Waals surface area (Å²) in [5.41, 5.74) is 0. The van der Waals surface area contributed by atoms with Crippen LogP contribution in [0.15, 0.2) is 0 Å². The summed E-state index contributed by atoms with van der Waals surface area (Å²) >= 11 is 1.06. The second kappa shape index (κ2) is 64.2. The summed E-state index contributed by atoms with van der Waals surface area (Å²) in [4.78, 5) is 0. The fourth-order valence-electron chi connectivity index (χ4n) is 0. The van der Waals surface area contributed by atoms with E-state index in [1.54, 1.807) is 0 Å². The molecule has 0 spiro atoms. The monoisotopic (exact) mass is 265 g/mol. The molecule has 0 fully saturated rings. The van der Waals surface area contributed by atoms with Crippen LogP contribution in [0.4, 0.5) is 0 Å². The first-order chi connectivity index (χ1) is 6.74. The Bertz CT molecular complexity index is 42.3. The van der Waals surface area contributed by atoms with Crippen LogP contribution in [0.2, 0.25) is 0 Å². The van der Waals surface area contributed by atoms with E-state index in [1.165, 1.54) is 0 Å². The predicted molar refractivity (Wildman–Crippen MR) is 56.4 cm³/mol. The molecule has 15 heavy (non-hydrogen) atoms. The van der Waals surface area contributed by atoms with E-state index in [2.05, 4.69) is 0 Å². The van der Waals surface area contributed by atoms with E-state index in [-0.39, 0.29) is 5.48 Å². The van der Waals surface area contributed by atoms with Crippen molar-refractivity contribution in [2.45, 2.75) is 40.0 Å². The van der Waals surface area contributed by atoms with Crippen molar-refractivity contribution < 1.29 is 41.8 Å². The van der Waals surface area contributed by atoms with Crippen molar-refractivity contribution in [2.75, 3.05) is 19.8 Å². The van der Waals surface area contributed by atoms with Crippen LogP contribution in [0.3, 0.4) is 0 Å². The van der Waals surface area contributed by atoms with Gasteiger partial charge in [0.15, 0.2) is 0 Å². The van der Waals surface area contributed by atoms with Gasteiger partial charge in [0.25, 0.3) is 0 Å². The van der Waals surface area contributed by atoms with Gasteiger partial charge in [-0.15, -0.1) is 0 Å². The fourth-order valence-corrected chi connectivity index (χ4v) is 0. The molecule has 0 bridgehead atoms. The molecule has 0 aliphatic heterocycles. The van der Waals surface area contributed by atoms with Gasteiger partial charge in [0, 0.05) is 19.8 Å². The molecular formula is C9H26O5V. The Kier molecular flexibility index (Phi) is 126. The molecular weight excluding hydrogens is 239 g/mol. The minimum atomic E-state index is 0. The first-order valence-corrected chi connectivity index (χ1v) is 5.32. The molecule has 0 heterocycles. The SMILES string of the molecule is CCCO.CCCO.CCCO.O.[O]=[V]. The molecule has 6 heteroatoms. The third kappa shape index (κ3) is 204. The van der Waals surface area contributed by atoms with Crippen molar-refractivity contribution in [1.29, 1.82) is 0 Å². The second-order valence-corrected chi connectivity index (χ2v) is 2.17. The van der Waals surface area contributed by atoms with Crippen molar-refractivity contribution in [3.05, 3.63) is 0 Å². The number of aliphatic hydroxyl groups excluding tert-OH is 3. The minimum absolute atomic E-state index is 0. The van der Waals surface area contributed by atoms with Crippen molar-refractivity contribution in [3.8, 4) is 0 Å².